The molecule has 1 aromatic carbocycles. The Morgan fingerprint density at radius 1 is 1.14 bits per heavy atom. The smallest absolute Gasteiger partial charge is 0.193 e. The van der Waals surface area contributed by atoms with Crippen molar-refractivity contribution in [2.75, 3.05) is 53.1 Å². The van der Waals surface area contributed by atoms with Gasteiger partial charge in [-0.1, -0.05) is 24.3 Å². The molecule has 0 aliphatic carbocycles. The Morgan fingerprint density at radius 2 is 1.83 bits per heavy atom. The van der Waals surface area contributed by atoms with Crippen LogP contribution in [0.2, 0.25) is 0 Å². The zero-order valence-electron chi connectivity index (χ0n) is 18.6. The lowest BCUT2D eigenvalue weighted by Crippen LogP contribution is -2.43. The summed E-state index contributed by atoms with van der Waals surface area (Å²) < 4.78 is 11.2. The van der Waals surface area contributed by atoms with E-state index in [0.717, 1.165) is 70.8 Å². The molecule has 162 valence electrons. The van der Waals surface area contributed by atoms with Crippen LogP contribution in [-0.4, -0.2) is 64.0 Å². The topological polar surface area (TPSA) is 46.1 Å². The highest BCUT2D eigenvalue weighted by Gasteiger charge is 2.35. The normalized spacial score (nSPS) is 20.4. The SMILES string of the molecule is CCNC(=NCC1(c2ccccc2C)CCOCC1)N(C)CCC1CCOCC1. The number of hydrogen-bond donors (Lipinski definition) is 1. The van der Waals surface area contributed by atoms with Gasteiger partial charge >= 0.3 is 0 Å². The van der Waals surface area contributed by atoms with Crippen molar-refractivity contribution in [1.82, 2.24) is 10.2 Å². The van der Waals surface area contributed by atoms with Crippen LogP contribution >= 0.6 is 0 Å². The van der Waals surface area contributed by atoms with Crippen LogP contribution in [0.25, 0.3) is 0 Å². The third-order valence-electron chi connectivity index (χ3n) is 6.61. The molecule has 0 atom stereocenters. The maximum absolute atomic E-state index is 5.71. The van der Waals surface area contributed by atoms with Crippen molar-refractivity contribution >= 4 is 5.96 Å². The highest BCUT2D eigenvalue weighted by atomic mass is 16.5. The summed E-state index contributed by atoms with van der Waals surface area (Å²) in [5.74, 6) is 1.81. The van der Waals surface area contributed by atoms with E-state index in [1.54, 1.807) is 0 Å². The number of hydrogen-bond acceptors (Lipinski definition) is 3. The van der Waals surface area contributed by atoms with Crippen LogP contribution in [-0.2, 0) is 14.9 Å². The molecule has 0 saturated carbocycles. The largest absolute Gasteiger partial charge is 0.381 e. The molecule has 29 heavy (non-hydrogen) atoms. The van der Waals surface area contributed by atoms with Gasteiger partial charge in [0, 0.05) is 52.0 Å². The number of nitrogens with one attached hydrogen (secondary N) is 1. The maximum Gasteiger partial charge on any atom is 0.193 e. The van der Waals surface area contributed by atoms with E-state index in [9.17, 15) is 0 Å². The van der Waals surface area contributed by atoms with Crippen molar-refractivity contribution in [3.8, 4) is 0 Å². The molecule has 0 unspecified atom stereocenters. The van der Waals surface area contributed by atoms with E-state index < -0.39 is 0 Å². The first-order valence-corrected chi connectivity index (χ1v) is 11.4. The maximum atomic E-state index is 5.71. The Labute approximate surface area is 176 Å². The van der Waals surface area contributed by atoms with Gasteiger partial charge in [-0.05, 0) is 63.0 Å². The predicted molar refractivity (Wildman–Crippen MR) is 120 cm³/mol. The van der Waals surface area contributed by atoms with Gasteiger partial charge in [-0.15, -0.1) is 0 Å². The summed E-state index contributed by atoms with van der Waals surface area (Å²) in [5.41, 5.74) is 2.88. The summed E-state index contributed by atoms with van der Waals surface area (Å²) >= 11 is 0. The van der Waals surface area contributed by atoms with Gasteiger partial charge in [-0.2, -0.15) is 0 Å². The van der Waals surface area contributed by atoms with Crippen molar-refractivity contribution in [3.05, 3.63) is 35.4 Å². The fraction of sp³-hybridized carbons (Fsp3) is 0.708. The van der Waals surface area contributed by atoms with E-state index in [-0.39, 0.29) is 5.41 Å². The molecule has 0 spiro atoms. The number of rotatable bonds is 7. The van der Waals surface area contributed by atoms with Crippen LogP contribution in [0.5, 0.6) is 0 Å². The molecule has 2 heterocycles. The predicted octanol–water partition coefficient (Wildman–Crippen LogP) is 3.76. The molecule has 2 saturated heterocycles. The summed E-state index contributed by atoms with van der Waals surface area (Å²) in [6.07, 6.45) is 5.66. The van der Waals surface area contributed by atoms with E-state index in [1.165, 1.54) is 30.4 Å². The van der Waals surface area contributed by atoms with E-state index in [0.29, 0.717) is 0 Å². The molecule has 0 radical (unpaired) electrons. The van der Waals surface area contributed by atoms with E-state index >= 15 is 0 Å². The molecule has 2 fully saturated rings. The Bertz CT molecular complexity index is 649. The van der Waals surface area contributed by atoms with E-state index in [4.69, 9.17) is 14.5 Å². The van der Waals surface area contributed by atoms with Crippen molar-refractivity contribution in [2.45, 2.75) is 51.4 Å². The zero-order valence-corrected chi connectivity index (χ0v) is 18.6. The van der Waals surface area contributed by atoms with Crippen LogP contribution in [0.1, 0.15) is 50.2 Å². The molecular formula is C24H39N3O2. The molecule has 0 bridgehead atoms. The van der Waals surface area contributed by atoms with Crippen molar-refractivity contribution in [3.63, 3.8) is 0 Å². The van der Waals surface area contributed by atoms with Crippen LogP contribution in [0.15, 0.2) is 29.3 Å². The highest BCUT2D eigenvalue weighted by Crippen LogP contribution is 2.37. The number of guanidine groups is 1. The van der Waals surface area contributed by atoms with Gasteiger partial charge in [0.2, 0.25) is 0 Å². The summed E-state index contributed by atoms with van der Waals surface area (Å²) in [4.78, 5) is 7.45. The van der Waals surface area contributed by atoms with Crippen LogP contribution < -0.4 is 5.32 Å². The number of ether oxygens (including phenoxy) is 2. The molecule has 0 aromatic heterocycles. The fourth-order valence-electron chi connectivity index (χ4n) is 4.66. The second kappa shape index (κ2) is 11.0. The highest BCUT2D eigenvalue weighted by molar-refractivity contribution is 5.79. The summed E-state index contributed by atoms with van der Waals surface area (Å²) in [6.45, 7) is 10.6. The van der Waals surface area contributed by atoms with E-state index in [1.807, 2.05) is 0 Å². The third kappa shape index (κ3) is 5.95. The van der Waals surface area contributed by atoms with Gasteiger partial charge in [0.25, 0.3) is 0 Å². The van der Waals surface area contributed by atoms with Crippen LogP contribution in [0.4, 0.5) is 0 Å². The molecular weight excluding hydrogens is 362 g/mol. The van der Waals surface area contributed by atoms with Gasteiger partial charge in [0.1, 0.15) is 0 Å². The van der Waals surface area contributed by atoms with Gasteiger partial charge < -0.3 is 19.7 Å². The zero-order chi connectivity index (χ0) is 20.5. The van der Waals surface area contributed by atoms with Gasteiger partial charge in [0.15, 0.2) is 5.96 Å². The Balaban J connectivity index is 1.71. The second-order valence-electron chi connectivity index (χ2n) is 8.64. The molecule has 0 amide bonds. The van der Waals surface area contributed by atoms with Crippen LogP contribution in [0, 0.1) is 12.8 Å². The summed E-state index contributed by atoms with van der Waals surface area (Å²) in [6, 6.07) is 8.80. The lowest BCUT2D eigenvalue weighted by Gasteiger charge is -2.38. The van der Waals surface area contributed by atoms with Gasteiger partial charge in [-0.25, -0.2) is 0 Å². The number of aryl methyl sites for hydroxylation is 1. The summed E-state index contributed by atoms with van der Waals surface area (Å²) in [5, 5.41) is 3.51. The molecule has 1 N–H and O–H groups in total. The molecule has 3 rings (SSSR count). The van der Waals surface area contributed by atoms with Gasteiger partial charge in [-0.3, -0.25) is 4.99 Å². The molecule has 5 nitrogen and oxygen atoms in total. The molecule has 5 heteroatoms. The number of nitrogens with zero attached hydrogens (tertiary/aromatic N) is 2. The minimum absolute atomic E-state index is 0.0752. The van der Waals surface area contributed by atoms with Gasteiger partial charge in [0.05, 0.1) is 6.54 Å². The number of benzene rings is 1. The number of aliphatic imine (C=N–C) groups is 1. The lowest BCUT2D eigenvalue weighted by atomic mass is 9.72. The third-order valence-corrected chi connectivity index (χ3v) is 6.61. The second-order valence-corrected chi connectivity index (χ2v) is 8.64. The standard InChI is InChI=1S/C24H39N3O2/c1-4-25-23(27(3)14-9-21-10-15-28-16-11-21)26-19-24(12-17-29-18-13-24)22-8-6-5-7-20(22)2/h5-8,21H,4,9-19H2,1-3H3,(H,25,26). The average molecular weight is 402 g/mol. The average Bonchev–Trinajstić information content (AvgIpc) is 2.76. The Morgan fingerprint density at radius 3 is 2.52 bits per heavy atom. The molecule has 1 aromatic rings. The first-order valence-electron chi connectivity index (χ1n) is 11.4. The fourth-order valence-corrected chi connectivity index (χ4v) is 4.66. The Kier molecular flexibility index (Phi) is 8.37. The molecule has 2 aliphatic rings. The van der Waals surface area contributed by atoms with E-state index in [2.05, 4.69) is 55.4 Å². The first-order chi connectivity index (χ1) is 14.1. The van der Waals surface area contributed by atoms with Crippen molar-refractivity contribution < 1.29 is 9.47 Å². The lowest BCUT2D eigenvalue weighted by molar-refractivity contribution is 0.0527. The first kappa shape index (κ1) is 22.1. The minimum atomic E-state index is 0.0752. The molecule has 2 aliphatic heterocycles. The van der Waals surface area contributed by atoms with Crippen molar-refractivity contribution in [1.29, 1.82) is 0 Å². The summed E-state index contributed by atoms with van der Waals surface area (Å²) in [7, 11) is 2.17. The van der Waals surface area contributed by atoms with Crippen LogP contribution in [0.3, 0.4) is 0 Å². The van der Waals surface area contributed by atoms with Crippen molar-refractivity contribution in [2.24, 2.45) is 10.9 Å². The monoisotopic (exact) mass is 401 g/mol. The Hall–Kier alpha value is -1.59. The quantitative estimate of drug-likeness (QED) is 0.558. The minimum Gasteiger partial charge on any atom is -0.381 e.